The first kappa shape index (κ1) is 12.4. The van der Waals surface area contributed by atoms with Crippen molar-refractivity contribution in [2.24, 2.45) is 0 Å². The van der Waals surface area contributed by atoms with E-state index in [0.717, 1.165) is 26.2 Å². The second-order valence-electron chi connectivity index (χ2n) is 4.49. The summed E-state index contributed by atoms with van der Waals surface area (Å²) in [4.78, 5) is 14.4. The minimum Gasteiger partial charge on any atom is -0.314 e. The molecule has 7 heteroatoms. The Hall–Kier alpha value is -1.05. The molecule has 94 valence electrons. The summed E-state index contributed by atoms with van der Waals surface area (Å²) < 4.78 is 0. The molecular weight excluding hydrogens is 238 g/mol. The topological polar surface area (TPSA) is 70.2 Å². The predicted octanol–water partition coefficient (Wildman–Crippen LogP) is 0.160. The summed E-state index contributed by atoms with van der Waals surface area (Å²) in [6.07, 6.45) is 0. The van der Waals surface area contributed by atoms with Gasteiger partial charge in [-0.3, -0.25) is 15.0 Å². The maximum Gasteiger partial charge on any atom is 0.246 e. The molecule has 17 heavy (non-hydrogen) atoms. The third kappa shape index (κ3) is 2.80. The number of hydrogen-bond acceptors (Lipinski definition) is 6. The molecule has 0 aromatic carbocycles. The molecule has 0 saturated carbocycles. The van der Waals surface area contributed by atoms with E-state index in [2.05, 4.69) is 25.7 Å². The van der Waals surface area contributed by atoms with E-state index in [0.29, 0.717) is 5.13 Å². The summed E-state index contributed by atoms with van der Waals surface area (Å²) in [6, 6.07) is 0. The fraction of sp³-hybridized carbons (Fsp3) is 0.700. The van der Waals surface area contributed by atoms with Gasteiger partial charge in [-0.25, -0.2) is 0 Å². The number of anilines is 1. The van der Waals surface area contributed by atoms with Gasteiger partial charge >= 0.3 is 0 Å². The summed E-state index contributed by atoms with van der Waals surface area (Å²) >= 11 is 1.33. The van der Waals surface area contributed by atoms with Crippen LogP contribution in [0.4, 0.5) is 5.13 Å². The normalized spacial score (nSPS) is 18.0. The highest BCUT2D eigenvalue weighted by Gasteiger charge is 2.35. The van der Waals surface area contributed by atoms with Crippen LogP contribution in [-0.4, -0.2) is 52.7 Å². The van der Waals surface area contributed by atoms with Crippen molar-refractivity contribution in [2.45, 2.75) is 19.4 Å². The molecule has 1 amide bonds. The van der Waals surface area contributed by atoms with Crippen LogP contribution in [0.5, 0.6) is 0 Å². The number of hydrogen-bond donors (Lipinski definition) is 2. The van der Waals surface area contributed by atoms with Gasteiger partial charge in [0.2, 0.25) is 11.0 Å². The van der Waals surface area contributed by atoms with Crippen LogP contribution in [0.25, 0.3) is 0 Å². The number of aromatic nitrogens is 2. The second-order valence-corrected chi connectivity index (χ2v) is 5.33. The highest BCUT2D eigenvalue weighted by atomic mass is 32.1. The van der Waals surface area contributed by atoms with E-state index in [-0.39, 0.29) is 5.91 Å². The van der Waals surface area contributed by atoms with Crippen molar-refractivity contribution < 1.29 is 4.79 Å². The van der Waals surface area contributed by atoms with Crippen molar-refractivity contribution in [3.05, 3.63) is 5.51 Å². The van der Waals surface area contributed by atoms with E-state index >= 15 is 0 Å². The zero-order chi connectivity index (χ0) is 12.3. The van der Waals surface area contributed by atoms with Gasteiger partial charge in [-0.05, 0) is 13.8 Å². The maximum absolute atomic E-state index is 12.2. The molecule has 0 radical (unpaired) electrons. The Balaban J connectivity index is 2.00. The molecule has 1 aromatic heterocycles. The average Bonchev–Trinajstić information content (AvgIpc) is 2.83. The molecule has 1 saturated heterocycles. The lowest BCUT2D eigenvalue weighted by molar-refractivity contribution is -0.126. The number of piperazine rings is 1. The molecule has 1 aromatic rings. The van der Waals surface area contributed by atoms with Gasteiger partial charge in [0.25, 0.3) is 0 Å². The van der Waals surface area contributed by atoms with Crippen molar-refractivity contribution in [2.75, 3.05) is 31.5 Å². The average molecular weight is 255 g/mol. The largest absolute Gasteiger partial charge is 0.314 e. The summed E-state index contributed by atoms with van der Waals surface area (Å²) in [6.45, 7) is 7.50. The van der Waals surface area contributed by atoms with Crippen LogP contribution in [0.3, 0.4) is 0 Å². The molecule has 0 aliphatic carbocycles. The van der Waals surface area contributed by atoms with Crippen LogP contribution >= 0.6 is 11.3 Å². The SMILES string of the molecule is CC(C)(C(=O)Nc1nncs1)N1CCNCC1. The monoisotopic (exact) mass is 255 g/mol. The van der Waals surface area contributed by atoms with E-state index in [1.807, 2.05) is 13.8 Å². The summed E-state index contributed by atoms with van der Waals surface area (Å²) in [5.74, 6) is -0.0313. The molecule has 0 unspecified atom stereocenters. The maximum atomic E-state index is 12.2. The van der Waals surface area contributed by atoms with Crippen LogP contribution in [0.1, 0.15) is 13.8 Å². The smallest absolute Gasteiger partial charge is 0.246 e. The van der Waals surface area contributed by atoms with Gasteiger partial charge in [-0.1, -0.05) is 11.3 Å². The standard InChI is InChI=1S/C10H17N5OS/c1-10(2,15-5-3-11-4-6-15)8(16)13-9-14-12-7-17-9/h7,11H,3-6H2,1-2H3,(H,13,14,16). The molecule has 1 aliphatic rings. The Kier molecular flexibility index (Phi) is 3.70. The lowest BCUT2D eigenvalue weighted by Gasteiger charge is -2.39. The van der Waals surface area contributed by atoms with Gasteiger partial charge in [-0.2, -0.15) is 0 Å². The van der Waals surface area contributed by atoms with Gasteiger partial charge < -0.3 is 5.32 Å². The third-order valence-electron chi connectivity index (χ3n) is 3.04. The van der Waals surface area contributed by atoms with Crippen molar-refractivity contribution >= 4 is 22.4 Å². The number of rotatable bonds is 3. The lowest BCUT2D eigenvalue weighted by Crippen LogP contribution is -2.58. The molecule has 2 rings (SSSR count). The van der Waals surface area contributed by atoms with Crippen molar-refractivity contribution in [1.82, 2.24) is 20.4 Å². The molecule has 2 heterocycles. The number of nitrogens with zero attached hydrogens (tertiary/aromatic N) is 3. The van der Waals surface area contributed by atoms with Gasteiger partial charge in [0.15, 0.2) is 0 Å². The van der Waals surface area contributed by atoms with Crippen molar-refractivity contribution in [1.29, 1.82) is 0 Å². The van der Waals surface area contributed by atoms with Crippen LogP contribution in [0.15, 0.2) is 5.51 Å². The fourth-order valence-electron chi connectivity index (χ4n) is 1.85. The quantitative estimate of drug-likeness (QED) is 0.805. The molecule has 0 bridgehead atoms. The van der Waals surface area contributed by atoms with Gasteiger partial charge in [-0.15, -0.1) is 10.2 Å². The molecule has 1 aliphatic heterocycles. The molecular formula is C10H17N5OS. The van der Waals surface area contributed by atoms with E-state index in [9.17, 15) is 4.79 Å². The number of carbonyl (C=O) groups is 1. The Morgan fingerprint density at radius 1 is 1.53 bits per heavy atom. The minimum atomic E-state index is -0.520. The van der Waals surface area contributed by atoms with Crippen LogP contribution in [0.2, 0.25) is 0 Å². The first-order chi connectivity index (χ1) is 8.10. The third-order valence-corrected chi connectivity index (χ3v) is 3.65. The zero-order valence-electron chi connectivity index (χ0n) is 10.1. The minimum absolute atomic E-state index is 0.0313. The van der Waals surface area contributed by atoms with Crippen LogP contribution in [-0.2, 0) is 4.79 Å². The Morgan fingerprint density at radius 3 is 2.82 bits per heavy atom. The van der Waals surface area contributed by atoms with Crippen LogP contribution < -0.4 is 10.6 Å². The zero-order valence-corrected chi connectivity index (χ0v) is 10.9. The van der Waals surface area contributed by atoms with E-state index in [1.54, 1.807) is 5.51 Å². The van der Waals surface area contributed by atoms with Gasteiger partial charge in [0.1, 0.15) is 5.51 Å². The molecule has 0 atom stereocenters. The number of nitrogens with one attached hydrogen (secondary N) is 2. The van der Waals surface area contributed by atoms with Crippen molar-refractivity contribution in [3.63, 3.8) is 0 Å². The predicted molar refractivity (Wildman–Crippen MR) is 67.1 cm³/mol. The lowest BCUT2D eigenvalue weighted by atomic mass is 10.0. The Bertz CT molecular complexity index is 372. The van der Waals surface area contributed by atoms with Crippen LogP contribution in [0, 0.1) is 0 Å². The fourth-order valence-corrected chi connectivity index (χ4v) is 2.29. The summed E-state index contributed by atoms with van der Waals surface area (Å²) in [5.41, 5.74) is 1.08. The van der Waals surface area contributed by atoms with E-state index in [4.69, 9.17) is 0 Å². The number of carbonyl (C=O) groups excluding carboxylic acids is 1. The summed E-state index contributed by atoms with van der Waals surface area (Å²) in [5, 5.41) is 14.2. The second kappa shape index (κ2) is 5.07. The first-order valence-electron chi connectivity index (χ1n) is 5.64. The highest BCUT2D eigenvalue weighted by Crippen LogP contribution is 2.18. The Morgan fingerprint density at radius 2 is 2.24 bits per heavy atom. The molecule has 6 nitrogen and oxygen atoms in total. The summed E-state index contributed by atoms with van der Waals surface area (Å²) in [7, 11) is 0. The Labute approximate surface area is 104 Å². The first-order valence-corrected chi connectivity index (χ1v) is 6.52. The molecule has 0 spiro atoms. The van der Waals surface area contributed by atoms with E-state index < -0.39 is 5.54 Å². The molecule has 2 N–H and O–H groups in total. The highest BCUT2D eigenvalue weighted by molar-refractivity contribution is 7.13. The van der Waals surface area contributed by atoms with Crippen molar-refractivity contribution in [3.8, 4) is 0 Å². The molecule has 1 fully saturated rings. The van der Waals surface area contributed by atoms with Gasteiger partial charge in [0, 0.05) is 26.2 Å². The van der Waals surface area contributed by atoms with E-state index in [1.165, 1.54) is 11.3 Å². The number of amides is 1. The van der Waals surface area contributed by atoms with Gasteiger partial charge in [0.05, 0.1) is 5.54 Å².